The van der Waals surface area contributed by atoms with Crippen LogP contribution in [0.15, 0.2) is 22.7 Å². The summed E-state index contributed by atoms with van der Waals surface area (Å²) in [5.41, 5.74) is 2.89. The second-order valence-corrected chi connectivity index (χ2v) is 6.55. The number of ether oxygens (including phenoxy) is 1. The highest BCUT2D eigenvalue weighted by Gasteiger charge is 2.43. The van der Waals surface area contributed by atoms with Gasteiger partial charge in [-0.25, -0.2) is 9.82 Å². The van der Waals surface area contributed by atoms with E-state index in [-0.39, 0.29) is 11.9 Å². The summed E-state index contributed by atoms with van der Waals surface area (Å²) in [4.78, 5) is 0. The molecule has 0 aromatic heterocycles. The van der Waals surface area contributed by atoms with Crippen LogP contribution in [0.4, 0.5) is 4.39 Å². The molecule has 0 spiro atoms. The van der Waals surface area contributed by atoms with E-state index < -0.39 is 5.60 Å². The summed E-state index contributed by atoms with van der Waals surface area (Å²) < 4.78 is 20.6. The smallest absolute Gasteiger partial charge is 0.142 e. The van der Waals surface area contributed by atoms with Crippen LogP contribution in [0.2, 0.25) is 0 Å². The van der Waals surface area contributed by atoms with Gasteiger partial charge >= 0.3 is 0 Å². The van der Waals surface area contributed by atoms with Gasteiger partial charge in [0.15, 0.2) is 0 Å². The Morgan fingerprint density at radius 3 is 2.65 bits per heavy atom. The van der Waals surface area contributed by atoms with E-state index in [0.29, 0.717) is 16.0 Å². The van der Waals surface area contributed by atoms with E-state index in [2.05, 4.69) is 28.3 Å². The minimum Gasteiger partial charge on any atom is -0.376 e. The predicted molar refractivity (Wildman–Crippen MR) is 81.5 cm³/mol. The lowest BCUT2D eigenvalue weighted by atomic mass is 9.73. The number of benzene rings is 1. The summed E-state index contributed by atoms with van der Waals surface area (Å²) in [7, 11) is 1.69. The Kier molecular flexibility index (Phi) is 5.18. The highest BCUT2D eigenvalue weighted by Crippen LogP contribution is 2.43. The lowest BCUT2D eigenvalue weighted by molar-refractivity contribution is -0.0768. The quantitative estimate of drug-likeness (QED) is 0.646. The van der Waals surface area contributed by atoms with Crippen molar-refractivity contribution in [1.29, 1.82) is 0 Å². The van der Waals surface area contributed by atoms with Crippen LogP contribution < -0.4 is 11.3 Å². The second-order valence-electron chi connectivity index (χ2n) is 5.69. The molecule has 1 aromatic carbocycles. The first-order valence-electron chi connectivity index (χ1n) is 6.99. The SMILES string of the molecule is COC1(C(NN)c2cccc(Br)c2F)CCC(C)CC1. The number of nitrogens with two attached hydrogens (primary N) is 1. The molecule has 0 bridgehead atoms. The molecule has 3 N–H and O–H groups in total. The summed E-state index contributed by atoms with van der Waals surface area (Å²) in [6, 6.07) is 4.93. The molecular formula is C15H22BrFN2O. The number of hydrazine groups is 1. The Bertz CT molecular complexity index is 461. The van der Waals surface area contributed by atoms with Crippen LogP contribution in [0.5, 0.6) is 0 Å². The van der Waals surface area contributed by atoms with E-state index in [0.717, 1.165) is 25.7 Å². The molecule has 0 aliphatic heterocycles. The van der Waals surface area contributed by atoms with Crippen LogP contribution >= 0.6 is 15.9 Å². The zero-order valence-corrected chi connectivity index (χ0v) is 13.5. The molecule has 0 heterocycles. The molecule has 0 saturated heterocycles. The molecule has 3 nitrogen and oxygen atoms in total. The number of nitrogens with one attached hydrogen (secondary N) is 1. The molecule has 1 unspecified atom stereocenters. The normalized spacial score (nSPS) is 28.4. The highest BCUT2D eigenvalue weighted by molar-refractivity contribution is 9.10. The molecule has 0 amide bonds. The third-order valence-electron chi connectivity index (χ3n) is 4.51. The first kappa shape index (κ1) is 15.9. The van der Waals surface area contributed by atoms with E-state index >= 15 is 0 Å². The Balaban J connectivity index is 2.37. The van der Waals surface area contributed by atoms with E-state index in [1.54, 1.807) is 19.2 Å². The van der Waals surface area contributed by atoms with Crippen LogP contribution in [0.1, 0.15) is 44.2 Å². The number of methoxy groups -OCH3 is 1. The highest BCUT2D eigenvalue weighted by atomic mass is 79.9. The van der Waals surface area contributed by atoms with E-state index in [1.807, 2.05) is 6.07 Å². The number of rotatable bonds is 4. The van der Waals surface area contributed by atoms with E-state index in [1.165, 1.54) is 0 Å². The number of halogens is 2. The molecule has 1 aliphatic rings. The van der Waals surface area contributed by atoms with E-state index in [4.69, 9.17) is 10.6 Å². The minimum atomic E-state index is -0.442. The fraction of sp³-hybridized carbons (Fsp3) is 0.600. The lowest BCUT2D eigenvalue weighted by Crippen LogP contribution is -2.50. The van der Waals surface area contributed by atoms with E-state index in [9.17, 15) is 4.39 Å². The monoisotopic (exact) mass is 344 g/mol. The summed E-state index contributed by atoms with van der Waals surface area (Å²) in [6.45, 7) is 2.24. The average molecular weight is 345 g/mol. The van der Waals surface area contributed by atoms with Gasteiger partial charge in [0, 0.05) is 12.7 Å². The van der Waals surface area contributed by atoms with Gasteiger partial charge in [-0.3, -0.25) is 5.84 Å². The third-order valence-corrected chi connectivity index (χ3v) is 5.12. The molecule has 1 aliphatic carbocycles. The van der Waals surface area contributed by atoms with Crippen LogP contribution in [0.25, 0.3) is 0 Å². The topological polar surface area (TPSA) is 47.3 Å². The van der Waals surface area contributed by atoms with Gasteiger partial charge in [-0.2, -0.15) is 0 Å². The molecule has 20 heavy (non-hydrogen) atoms. The van der Waals surface area contributed by atoms with Crippen molar-refractivity contribution >= 4 is 15.9 Å². The minimum absolute atomic E-state index is 0.273. The Morgan fingerprint density at radius 2 is 2.10 bits per heavy atom. The molecule has 0 radical (unpaired) electrons. The van der Waals surface area contributed by atoms with Crippen molar-refractivity contribution in [1.82, 2.24) is 5.43 Å². The second kappa shape index (κ2) is 6.52. The van der Waals surface area contributed by atoms with Crippen molar-refractivity contribution in [2.24, 2.45) is 11.8 Å². The largest absolute Gasteiger partial charge is 0.376 e. The van der Waals surface area contributed by atoms with Crippen LogP contribution in [0.3, 0.4) is 0 Å². The predicted octanol–water partition coefficient (Wildman–Crippen LogP) is 3.69. The maximum Gasteiger partial charge on any atom is 0.142 e. The van der Waals surface area contributed by atoms with Gasteiger partial charge in [0.2, 0.25) is 0 Å². The maximum atomic E-state index is 14.4. The standard InChI is InChI=1S/C15H22BrFN2O/c1-10-6-8-15(20-2,9-7-10)14(19-18)11-4-3-5-12(16)13(11)17/h3-5,10,14,19H,6-9,18H2,1-2H3. The number of hydrogen-bond acceptors (Lipinski definition) is 3. The fourth-order valence-electron chi connectivity index (χ4n) is 3.13. The molecule has 1 aromatic rings. The van der Waals surface area contributed by atoms with Gasteiger partial charge < -0.3 is 4.74 Å². The molecule has 1 saturated carbocycles. The summed E-state index contributed by atoms with van der Waals surface area (Å²) in [5.74, 6) is 6.15. The lowest BCUT2D eigenvalue weighted by Gasteiger charge is -2.44. The zero-order chi connectivity index (χ0) is 14.8. The molecule has 112 valence electrons. The average Bonchev–Trinajstić information content (AvgIpc) is 2.46. The fourth-order valence-corrected chi connectivity index (χ4v) is 3.51. The first-order chi connectivity index (χ1) is 9.54. The van der Waals surface area contributed by atoms with Gasteiger partial charge in [-0.15, -0.1) is 0 Å². The summed E-state index contributed by atoms with van der Waals surface area (Å²) >= 11 is 3.23. The first-order valence-corrected chi connectivity index (χ1v) is 7.78. The molecule has 5 heteroatoms. The molecule has 2 rings (SSSR count). The van der Waals surface area contributed by atoms with Crippen molar-refractivity contribution < 1.29 is 9.13 Å². The van der Waals surface area contributed by atoms with Crippen molar-refractivity contribution in [2.75, 3.05) is 7.11 Å². The van der Waals surface area contributed by atoms with Crippen molar-refractivity contribution in [3.8, 4) is 0 Å². The zero-order valence-electron chi connectivity index (χ0n) is 12.0. The van der Waals surface area contributed by atoms with Crippen LogP contribution in [-0.2, 0) is 4.74 Å². The Morgan fingerprint density at radius 1 is 1.45 bits per heavy atom. The van der Waals surface area contributed by atoms with Gasteiger partial charge in [-0.05, 0) is 53.6 Å². The van der Waals surface area contributed by atoms with Gasteiger partial charge in [0.25, 0.3) is 0 Å². The van der Waals surface area contributed by atoms with Gasteiger partial charge in [0.1, 0.15) is 5.82 Å². The van der Waals surface area contributed by atoms with Crippen molar-refractivity contribution in [3.05, 3.63) is 34.1 Å². The third kappa shape index (κ3) is 2.91. The van der Waals surface area contributed by atoms with Crippen molar-refractivity contribution in [2.45, 2.75) is 44.2 Å². The molecule has 1 fully saturated rings. The molecule has 1 atom stereocenters. The summed E-state index contributed by atoms with van der Waals surface area (Å²) in [5, 5.41) is 0. The van der Waals surface area contributed by atoms with Crippen LogP contribution in [-0.4, -0.2) is 12.7 Å². The Hall–Kier alpha value is -0.490. The molecular weight excluding hydrogens is 323 g/mol. The van der Waals surface area contributed by atoms with Crippen LogP contribution in [0, 0.1) is 11.7 Å². The van der Waals surface area contributed by atoms with Gasteiger partial charge in [0.05, 0.1) is 16.1 Å². The Labute approximate surface area is 128 Å². The summed E-state index contributed by atoms with van der Waals surface area (Å²) in [6.07, 6.45) is 3.90. The maximum absolute atomic E-state index is 14.4. The number of hydrogen-bond donors (Lipinski definition) is 2. The van der Waals surface area contributed by atoms with Crippen molar-refractivity contribution in [3.63, 3.8) is 0 Å². The van der Waals surface area contributed by atoms with Gasteiger partial charge in [-0.1, -0.05) is 19.1 Å².